The van der Waals surface area contributed by atoms with E-state index in [-0.39, 0.29) is 36.0 Å². The van der Waals surface area contributed by atoms with Crippen molar-refractivity contribution in [2.24, 2.45) is 0 Å². The first-order valence-corrected chi connectivity index (χ1v) is 22.1. The van der Waals surface area contributed by atoms with Gasteiger partial charge >= 0.3 is 29.6 Å². The minimum absolute atomic E-state index is 0. The summed E-state index contributed by atoms with van der Waals surface area (Å²) in [6.07, 6.45) is 49.9. The van der Waals surface area contributed by atoms with Crippen LogP contribution in [0.3, 0.4) is 0 Å². The fraction of sp³-hybridized carbons (Fsp3) is 0.977. The predicted octanol–water partition coefficient (Wildman–Crippen LogP) is 10.9. The number of carboxylic acids is 1. The van der Waals surface area contributed by atoms with Gasteiger partial charge < -0.3 is 14.8 Å². The second-order valence-corrected chi connectivity index (χ2v) is 15.3. The molecular formula is C44H88NNaO2. The van der Waals surface area contributed by atoms with Gasteiger partial charge in [-0.15, -0.1) is 0 Å². The molecule has 0 spiro atoms. The second-order valence-electron chi connectivity index (χ2n) is 15.3. The van der Waals surface area contributed by atoms with Gasteiger partial charge in [0.25, 0.3) is 0 Å². The van der Waals surface area contributed by atoms with Crippen LogP contribution in [0, 0.1) is 0 Å². The van der Waals surface area contributed by atoms with Crippen LogP contribution in [-0.4, -0.2) is 30.0 Å². The Morgan fingerprint density at radius 3 is 0.854 bits per heavy atom. The summed E-state index contributed by atoms with van der Waals surface area (Å²) < 4.78 is 0. The smallest absolute Gasteiger partial charge is 0.550 e. The van der Waals surface area contributed by atoms with E-state index in [1.54, 1.807) is 0 Å². The molecule has 0 aliphatic rings. The normalized spacial score (nSPS) is 12.1. The molecule has 0 amide bonds. The largest absolute Gasteiger partial charge is 1.00 e. The summed E-state index contributed by atoms with van der Waals surface area (Å²) in [5, 5.41) is 11.2. The zero-order valence-corrected chi connectivity index (χ0v) is 35.9. The van der Waals surface area contributed by atoms with Gasteiger partial charge in [0.05, 0.1) is 0 Å². The van der Waals surface area contributed by atoms with Gasteiger partial charge in [-0.25, -0.2) is 0 Å². The Bertz CT molecular complexity index is 562. The van der Waals surface area contributed by atoms with Gasteiger partial charge in [0.15, 0.2) is 0 Å². The number of rotatable bonds is 41. The third-order valence-electron chi connectivity index (χ3n) is 10.8. The van der Waals surface area contributed by atoms with Crippen LogP contribution >= 0.6 is 0 Å². The molecule has 0 aromatic carbocycles. The molecule has 282 valence electrons. The molecule has 0 fully saturated rings. The molecule has 1 atom stereocenters. The maximum atomic E-state index is 11.2. The first-order valence-electron chi connectivity index (χ1n) is 22.1. The number of carboxylic acid groups (broad SMARTS) is 1. The molecule has 0 heterocycles. The Balaban J connectivity index is 0. The zero-order valence-electron chi connectivity index (χ0n) is 33.9. The third-order valence-corrected chi connectivity index (χ3v) is 10.8. The van der Waals surface area contributed by atoms with E-state index in [1.807, 2.05) is 0 Å². The van der Waals surface area contributed by atoms with Gasteiger partial charge in [-0.05, 0) is 45.2 Å². The van der Waals surface area contributed by atoms with Crippen LogP contribution in [0.1, 0.15) is 258 Å². The Labute approximate surface area is 326 Å². The van der Waals surface area contributed by atoms with Gasteiger partial charge in [0, 0.05) is 12.0 Å². The summed E-state index contributed by atoms with van der Waals surface area (Å²) in [5.41, 5.74) is 0. The molecule has 3 nitrogen and oxygen atoms in total. The summed E-state index contributed by atoms with van der Waals surface area (Å²) in [4.78, 5) is 13.8. The number of unbranched alkanes of at least 4 members (excludes halogenated alkanes) is 32. The van der Waals surface area contributed by atoms with E-state index < -0.39 is 5.97 Å². The summed E-state index contributed by atoms with van der Waals surface area (Å²) in [7, 11) is 0. The van der Waals surface area contributed by atoms with E-state index in [1.165, 1.54) is 218 Å². The van der Waals surface area contributed by atoms with Crippen molar-refractivity contribution >= 4 is 5.97 Å². The summed E-state index contributed by atoms with van der Waals surface area (Å²) >= 11 is 0. The van der Waals surface area contributed by atoms with Gasteiger partial charge in [-0.1, -0.05) is 226 Å². The molecule has 0 aromatic rings. The van der Waals surface area contributed by atoms with Crippen molar-refractivity contribution in [3.05, 3.63) is 0 Å². The molecule has 0 radical (unpaired) electrons. The molecule has 0 saturated heterocycles. The Kier molecular flexibility index (Phi) is 45.9. The van der Waals surface area contributed by atoms with Crippen LogP contribution in [-0.2, 0) is 4.79 Å². The number of hydrogen-bond acceptors (Lipinski definition) is 3. The molecule has 0 aliphatic heterocycles. The van der Waals surface area contributed by atoms with Crippen molar-refractivity contribution in [2.75, 3.05) is 13.1 Å². The van der Waals surface area contributed by atoms with Crippen LogP contribution < -0.4 is 34.7 Å². The van der Waals surface area contributed by atoms with Crippen LogP contribution in [0.2, 0.25) is 0 Å². The van der Waals surface area contributed by atoms with E-state index in [9.17, 15) is 9.90 Å². The van der Waals surface area contributed by atoms with Crippen molar-refractivity contribution in [3.8, 4) is 0 Å². The molecule has 0 bridgehead atoms. The zero-order chi connectivity index (χ0) is 34.3. The molecule has 0 N–H and O–H groups in total. The number of carbonyl (C=O) groups is 1. The van der Waals surface area contributed by atoms with Gasteiger partial charge in [0.1, 0.15) is 0 Å². The first-order chi connectivity index (χ1) is 23.2. The molecule has 48 heavy (non-hydrogen) atoms. The van der Waals surface area contributed by atoms with Crippen molar-refractivity contribution in [2.45, 2.75) is 264 Å². The molecule has 4 heteroatoms. The minimum atomic E-state index is -0.890. The average Bonchev–Trinajstić information content (AvgIpc) is 3.07. The molecule has 1 unspecified atom stereocenters. The maximum absolute atomic E-state index is 11.2. The minimum Gasteiger partial charge on any atom is -0.550 e. The van der Waals surface area contributed by atoms with E-state index in [2.05, 4.69) is 25.7 Å². The van der Waals surface area contributed by atoms with Crippen molar-refractivity contribution < 1.29 is 39.5 Å². The van der Waals surface area contributed by atoms with Crippen LogP contribution in [0.25, 0.3) is 0 Å². The number of aliphatic carboxylic acids is 1. The molecule has 0 saturated carbocycles. The van der Waals surface area contributed by atoms with Crippen molar-refractivity contribution in [1.29, 1.82) is 0 Å². The second kappa shape index (κ2) is 43.6. The molecule has 0 rings (SSSR count). The fourth-order valence-corrected chi connectivity index (χ4v) is 7.49. The van der Waals surface area contributed by atoms with Gasteiger partial charge in [-0.2, -0.15) is 0 Å². The van der Waals surface area contributed by atoms with E-state index >= 15 is 0 Å². The fourth-order valence-electron chi connectivity index (χ4n) is 7.49. The molecule has 0 aliphatic carbocycles. The van der Waals surface area contributed by atoms with Gasteiger partial charge in [-0.3, -0.25) is 0 Å². The Hall–Kier alpha value is 0.430. The summed E-state index contributed by atoms with van der Waals surface area (Å²) in [6, 6.07) is 0.398. The third kappa shape index (κ3) is 39.2. The van der Waals surface area contributed by atoms with Crippen molar-refractivity contribution in [3.63, 3.8) is 0 Å². The first kappa shape index (κ1) is 50.5. The van der Waals surface area contributed by atoms with Gasteiger partial charge in [0.2, 0.25) is 0 Å². The Morgan fingerprint density at radius 1 is 0.417 bits per heavy atom. The Morgan fingerprint density at radius 2 is 0.646 bits per heavy atom. The topological polar surface area (TPSA) is 43.4 Å². The molecular weight excluding hydrogens is 597 g/mol. The SMILES string of the molecule is CCCCCCCCCCCCCCCCCCCN(CCCCCCCCCCCCCCCCCCC)C(CC)CCC(=O)[O-].[Na+]. The summed E-state index contributed by atoms with van der Waals surface area (Å²) in [5.74, 6) is -0.890. The standard InChI is InChI=1S/C44H89NO2.Na/c1-4-7-9-11-13-15-17-19-21-23-25-27-29-31-33-35-37-41-45(43(6-3)39-40-44(46)47)42-38-36-34-32-30-28-26-24-22-20-18-16-14-12-10-8-5-2;/h43H,4-42H2,1-3H3,(H,46,47);/q;+1/p-1. The van der Waals surface area contributed by atoms with Crippen LogP contribution in [0.5, 0.6) is 0 Å². The molecule has 0 aromatic heterocycles. The van der Waals surface area contributed by atoms with E-state index in [0.29, 0.717) is 6.04 Å². The van der Waals surface area contributed by atoms with Crippen molar-refractivity contribution in [1.82, 2.24) is 4.90 Å². The number of carbonyl (C=O) groups excluding carboxylic acids is 1. The number of nitrogens with zero attached hydrogens (tertiary/aromatic N) is 1. The quantitative estimate of drug-likeness (QED) is 0.0475. The van der Waals surface area contributed by atoms with E-state index in [4.69, 9.17) is 0 Å². The average molecular weight is 686 g/mol. The predicted molar refractivity (Wildman–Crippen MR) is 208 cm³/mol. The monoisotopic (exact) mass is 686 g/mol. The summed E-state index contributed by atoms with van der Waals surface area (Å²) in [6.45, 7) is 9.11. The number of hydrogen-bond donors (Lipinski definition) is 0. The van der Waals surface area contributed by atoms with Crippen LogP contribution in [0.4, 0.5) is 0 Å². The van der Waals surface area contributed by atoms with Crippen LogP contribution in [0.15, 0.2) is 0 Å². The maximum Gasteiger partial charge on any atom is 1.00 e. The van der Waals surface area contributed by atoms with E-state index in [0.717, 1.165) is 25.9 Å².